The Morgan fingerprint density at radius 2 is 1.70 bits per heavy atom. The summed E-state index contributed by atoms with van der Waals surface area (Å²) in [6.45, 7) is 5.04. The number of amides is 1. The second kappa shape index (κ2) is 9.03. The lowest BCUT2D eigenvalue weighted by Gasteiger charge is -2.21. The van der Waals surface area contributed by atoms with Crippen molar-refractivity contribution in [3.05, 3.63) is 59.5 Å². The summed E-state index contributed by atoms with van der Waals surface area (Å²) in [6.07, 6.45) is -1.39. The molecule has 1 saturated heterocycles. The molecular formula is C24H27F3N4O2. The Balaban J connectivity index is 0.00000126. The maximum atomic E-state index is 13.4. The Morgan fingerprint density at radius 1 is 1.03 bits per heavy atom. The number of likely N-dealkylation sites (tertiary alicyclic amines) is 1. The number of aromatic nitrogens is 3. The van der Waals surface area contributed by atoms with Gasteiger partial charge in [0.25, 0.3) is 5.91 Å². The summed E-state index contributed by atoms with van der Waals surface area (Å²) < 4.78 is 47.1. The molecule has 33 heavy (non-hydrogen) atoms. The molecule has 1 aliphatic heterocycles. The predicted octanol–water partition coefficient (Wildman–Crippen LogP) is 5.05. The highest BCUT2D eigenvalue weighted by Gasteiger charge is 2.45. The molecule has 1 amide bonds. The van der Waals surface area contributed by atoms with E-state index < -0.39 is 11.7 Å². The first-order valence-corrected chi connectivity index (χ1v) is 11.2. The molecule has 176 valence electrons. The van der Waals surface area contributed by atoms with Crippen LogP contribution in [0.3, 0.4) is 0 Å². The number of carbonyl (C=O) groups excluding carboxylic acids is 1. The Morgan fingerprint density at radius 3 is 2.33 bits per heavy atom. The molecule has 9 heteroatoms. The molecule has 2 aromatic heterocycles. The molecule has 1 aliphatic carbocycles. The molecule has 6 nitrogen and oxygen atoms in total. The van der Waals surface area contributed by atoms with Crippen molar-refractivity contribution in [1.82, 2.24) is 19.5 Å². The number of nitrogens with zero attached hydrogens (tertiary/aromatic N) is 4. The average Bonchev–Trinajstić information content (AvgIpc) is 3.52. The van der Waals surface area contributed by atoms with Crippen LogP contribution in [-0.4, -0.2) is 45.6 Å². The Hall–Kier alpha value is -3.10. The summed E-state index contributed by atoms with van der Waals surface area (Å²) in [5.41, 5.74) is 0.377. The lowest BCUT2D eigenvalue weighted by atomic mass is 9.91. The predicted molar refractivity (Wildman–Crippen MR) is 117 cm³/mol. The number of methoxy groups -OCH3 is 1. The van der Waals surface area contributed by atoms with Gasteiger partial charge in [0.15, 0.2) is 5.65 Å². The standard InChI is InChI=1S/C22H21F3N4O2.C2H6/c1-31-16-6-7-19-26-27-20(29(19)12-16)21(30)28-10-14-8-13(9-15(14)11-28)17-4-2-3-5-18(17)22(23,24)25;1-2/h2-7,12-15H,8-11H2,1H3;1-2H3/t13?,14-,15+;. The number of benzene rings is 1. The molecule has 0 bridgehead atoms. The van der Waals surface area contributed by atoms with Crippen molar-refractivity contribution >= 4 is 11.6 Å². The fourth-order valence-corrected chi connectivity index (χ4v) is 5.11. The fourth-order valence-electron chi connectivity index (χ4n) is 5.11. The molecule has 1 aromatic carbocycles. The summed E-state index contributed by atoms with van der Waals surface area (Å²) in [5.74, 6) is 0.817. The molecule has 1 saturated carbocycles. The van der Waals surface area contributed by atoms with E-state index in [4.69, 9.17) is 4.74 Å². The molecule has 5 rings (SSSR count). The van der Waals surface area contributed by atoms with Crippen molar-refractivity contribution < 1.29 is 22.7 Å². The highest BCUT2D eigenvalue weighted by Crippen LogP contribution is 2.49. The summed E-state index contributed by atoms with van der Waals surface area (Å²) in [7, 11) is 1.54. The second-order valence-corrected chi connectivity index (χ2v) is 8.30. The first kappa shape index (κ1) is 23.1. The Labute approximate surface area is 190 Å². The fraction of sp³-hybridized carbons (Fsp3) is 0.458. The number of hydrogen-bond acceptors (Lipinski definition) is 4. The van der Waals surface area contributed by atoms with Gasteiger partial charge in [-0.1, -0.05) is 32.0 Å². The van der Waals surface area contributed by atoms with E-state index in [0.29, 0.717) is 42.9 Å². The van der Waals surface area contributed by atoms with Crippen LogP contribution < -0.4 is 4.74 Å². The van der Waals surface area contributed by atoms with Crippen LogP contribution in [0.1, 0.15) is 54.4 Å². The minimum Gasteiger partial charge on any atom is -0.495 e. The maximum Gasteiger partial charge on any atom is 0.416 e. The summed E-state index contributed by atoms with van der Waals surface area (Å²) in [6, 6.07) is 9.32. The zero-order valence-corrected chi connectivity index (χ0v) is 18.8. The van der Waals surface area contributed by atoms with Gasteiger partial charge in [-0.05, 0) is 54.4 Å². The van der Waals surface area contributed by atoms with Gasteiger partial charge in [-0.15, -0.1) is 10.2 Å². The summed E-state index contributed by atoms with van der Waals surface area (Å²) in [5, 5.41) is 8.10. The van der Waals surface area contributed by atoms with Crippen LogP contribution in [0.25, 0.3) is 5.65 Å². The van der Waals surface area contributed by atoms with Crippen LogP contribution in [0.4, 0.5) is 13.2 Å². The highest BCUT2D eigenvalue weighted by molar-refractivity contribution is 5.91. The SMILES string of the molecule is CC.COc1ccc2nnc(C(=O)N3C[C@H]4CC(c5ccccc5C(F)(F)F)C[C@H]4C3)n2c1. The zero-order chi connectivity index (χ0) is 23.8. The molecule has 2 fully saturated rings. The van der Waals surface area contributed by atoms with Crippen LogP contribution in [0.5, 0.6) is 5.75 Å². The van der Waals surface area contributed by atoms with Gasteiger partial charge in [-0.3, -0.25) is 9.20 Å². The topological polar surface area (TPSA) is 59.7 Å². The molecule has 3 aromatic rings. The number of carbonyl (C=O) groups is 1. The number of fused-ring (bicyclic) bond motifs is 2. The third-order valence-electron chi connectivity index (χ3n) is 6.55. The largest absolute Gasteiger partial charge is 0.495 e. The molecule has 0 radical (unpaired) electrons. The lowest BCUT2D eigenvalue weighted by molar-refractivity contribution is -0.138. The molecular weight excluding hydrogens is 433 g/mol. The van der Waals surface area contributed by atoms with E-state index in [1.807, 2.05) is 13.8 Å². The van der Waals surface area contributed by atoms with Gasteiger partial charge in [0, 0.05) is 13.1 Å². The minimum absolute atomic E-state index is 0.136. The van der Waals surface area contributed by atoms with Crippen molar-refractivity contribution in [2.24, 2.45) is 11.8 Å². The summed E-state index contributed by atoms with van der Waals surface area (Å²) >= 11 is 0. The van der Waals surface area contributed by atoms with Gasteiger partial charge in [0.2, 0.25) is 5.82 Å². The average molecular weight is 461 g/mol. The quantitative estimate of drug-likeness (QED) is 0.549. The van der Waals surface area contributed by atoms with E-state index in [0.717, 1.165) is 6.07 Å². The molecule has 3 heterocycles. The monoisotopic (exact) mass is 460 g/mol. The van der Waals surface area contributed by atoms with Gasteiger partial charge in [-0.2, -0.15) is 13.2 Å². The smallest absolute Gasteiger partial charge is 0.416 e. The van der Waals surface area contributed by atoms with E-state index in [-0.39, 0.29) is 29.5 Å². The first-order valence-electron chi connectivity index (χ1n) is 11.2. The van der Waals surface area contributed by atoms with E-state index in [1.54, 1.807) is 46.9 Å². The van der Waals surface area contributed by atoms with E-state index >= 15 is 0 Å². The number of alkyl halides is 3. The Bertz CT molecular complexity index is 1130. The van der Waals surface area contributed by atoms with Gasteiger partial charge < -0.3 is 9.64 Å². The molecule has 0 spiro atoms. The molecule has 3 atom stereocenters. The van der Waals surface area contributed by atoms with Crippen LogP contribution in [0.15, 0.2) is 42.6 Å². The number of pyridine rings is 1. The molecule has 1 unspecified atom stereocenters. The number of hydrogen-bond donors (Lipinski definition) is 0. The maximum absolute atomic E-state index is 13.4. The van der Waals surface area contributed by atoms with E-state index in [1.165, 1.54) is 6.07 Å². The van der Waals surface area contributed by atoms with Crippen molar-refractivity contribution in [3.63, 3.8) is 0 Å². The third kappa shape index (κ3) is 4.28. The highest BCUT2D eigenvalue weighted by atomic mass is 19.4. The van der Waals surface area contributed by atoms with Gasteiger partial charge in [0.05, 0.1) is 18.9 Å². The lowest BCUT2D eigenvalue weighted by Crippen LogP contribution is -2.31. The normalized spacial score (nSPS) is 22.1. The summed E-state index contributed by atoms with van der Waals surface area (Å²) in [4.78, 5) is 14.9. The number of halogens is 3. The van der Waals surface area contributed by atoms with Crippen molar-refractivity contribution in [2.75, 3.05) is 20.2 Å². The van der Waals surface area contributed by atoms with Gasteiger partial charge >= 0.3 is 6.18 Å². The van der Waals surface area contributed by atoms with Crippen LogP contribution >= 0.6 is 0 Å². The van der Waals surface area contributed by atoms with Crippen LogP contribution in [0.2, 0.25) is 0 Å². The van der Waals surface area contributed by atoms with Crippen molar-refractivity contribution in [3.8, 4) is 5.75 Å². The minimum atomic E-state index is -4.36. The van der Waals surface area contributed by atoms with Gasteiger partial charge in [-0.25, -0.2) is 0 Å². The second-order valence-electron chi connectivity index (χ2n) is 8.30. The van der Waals surface area contributed by atoms with Crippen molar-refractivity contribution in [2.45, 2.75) is 38.8 Å². The number of ether oxygens (including phenoxy) is 1. The zero-order valence-electron chi connectivity index (χ0n) is 18.8. The van der Waals surface area contributed by atoms with Crippen molar-refractivity contribution in [1.29, 1.82) is 0 Å². The van der Waals surface area contributed by atoms with Crippen LogP contribution in [-0.2, 0) is 6.18 Å². The Kier molecular flexibility index (Phi) is 6.32. The van der Waals surface area contributed by atoms with Crippen LogP contribution in [0, 0.1) is 11.8 Å². The van der Waals surface area contributed by atoms with E-state index in [2.05, 4.69) is 10.2 Å². The van der Waals surface area contributed by atoms with E-state index in [9.17, 15) is 18.0 Å². The van der Waals surface area contributed by atoms with Gasteiger partial charge in [0.1, 0.15) is 5.75 Å². The molecule has 0 N–H and O–H groups in total. The first-order chi connectivity index (χ1) is 15.8. The number of rotatable bonds is 3. The molecule has 2 aliphatic rings. The third-order valence-corrected chi connectivity index (χ3v) is 6.55.